The number of aromatic nitrogens is 1. The van der Waals surface area contributed by atoms with Gasteiger partial charge in [0.2, 0.25) is 0 Å². The molecule has 0 bridgehead atoms. The van der Waals surface area contributed by atoms with Crippen LogP contribution in [0.5, 0.6) is 0 Å². The van der Waals surface area contributed by atoms with Crippen molar-refractivity contribution in [3.05, 3.63) is 23.4 Å². The van der Waals surface area contributed by atoms with Crippen LogP contribution in [0.3, 0.4) is 0 Å². The van der Waals surface area contributed by atoms with Crippen LogP contribution in [0.2, 0.25) is 5.02 Å². The molecule has 3 heterocycles. The number of guanidine groups is 1. The van der Waals surface area contributed by atoms with Gasteiger partial charge in [-0.15, -0.1) is 24.0 Å². The molecule has 2 aliphatic rings. The van der Waals surface area contributed by atoms with E-state index in [1.165, 1.54) is 38.9 Å². The standard InChI is InChI=1S/C20H33ClN6.HI/c1-2-22-20(24-10-3-4-12-26-13-5-6-14-26)25-17-9-15-27(16-17)19-18(21)8-7-11-23-19;/h7-8,11,17H,2-6,9-10,12-16H2,1H3,(H2,22,24,25);1H. The van der Waals surface area contributed by atoms with E-state index >= 15 is 0 Å². The van der Waals surface area contributed by atoms with Crippen molar-refractivity contribution in [3.8, 4) is 0 Å². The van der Waals surface area contributed by atoms with Crippen molar-refractivity contribution in [2.75, 3.05) is 50.7 Å². The molecule has 0 spiro atoms. The highest BCUT2D eigenvalue weighted by molar-refractivity contribution is 14.0. The van der Waals surface area contributed by atoms with Crippen LogP contribution in [-0.2, 0) is 0 Å². The van der Waals surface area contributed by atoms with Gasteiger partial charge in [-0.25, -0.2) is 4.98 Å². The summed E-state index contributed by atoms with van der Waals surface area (Å²) in [4.78, 5) is 14.0. The lowest BCUT2D eigenvalue weighted by Gasteiger charge is -2.20. The van der Waals surface area contributed by atoms with Crippen molar-refractivity contribution in [1.29, 1.82) is 0 Å². The average molecular weight is 521 g/mol. The van der Waals surface area contributed by atoms with E-state index in [-0.39, 0.29) is 24.0 Å². The minimum atomic E-state index is 0. The third-order valence-electron chi connectivity index (χ3n) is 5.26. The van der Waals surface area contributed by atoms with Gasteiger partial charge in [-0.05, 0) is 70.8 Å². The number of nitrogens with zero attached hydrogens (tertiary/aromatic N) is 4. The van der Waals surface area contributed by atoms with E-state index < -0.39 is 0 Å². The first-order chi connectivity index (χ1) is 13.3. The topological polar surface area (TPSA) is 55.8 Å². The zero-order chi connectivity index (χ0) is 18.9. The van der Waals surface area contributed by atoms with Crippen molar-refractivity contribution in [3.63, 3.8) is 0 Å². The molecule has 6 nitrogen and oxygen atoms in total. The van der Waals surface area contributed by atoms with Crippen LogP contribution in [0.15, 0.2) is 23.3 Å². The molecule has 2 aliphatic heterocycles. The number of likely N-dealkylation sites (tertiary alicyclic amines) is 1. The van der Waals surface area contributed by atoms with Crippen LogP contribution in [0.4, 0.5) is 5.82 Å². The second-order valence-corrected chi connectivity index (χ2v) is 7.81. The smallest absolute Gasteiger partial charge is 0.191 e. The lowest BCUT2D eigenvalue weighted by atomic mass is 10.3. The molecular formula is C20H34ClIN6. The van der Waals surface area contributed by atoms with Crippen LogP contribution in [-0.4, -0.2) is 67.7 Å². The summed E-state index contributed by atoms with van der Waals surface area (Å²) in [6.45, 7) is 9.52. The van der Waals surface area contributed by atoms with Gasteiger partial charge < -0.3 is 20.4 Å². The third kappa shape index (κ3) is 7.22. The molecule has 1 aromatic heterocycles. The molecular weight excluding hydrogens is 487 g/mol. The van der Waals surface area contributed by atoms with Crippen LogP contribution < -0.4 is 15.5 Å². The zero-order valence-corrected chi connectivity index (χ0v) is 20.0. The molecule has 1 unspecified atom stereocenters. The number of anilines is 1. The minimum absolute atomic E-state index is 0. The minimum Gasteiger partial charge on any atom is -0.357 e. The third-order valence-corrected chi connectivity index (χ3v) is 5.56. The molecule has 2 fully saturated rings. The Morgan fingerprint density at radius 3 is 2.86 bits per heavy atom. The van der Waals surface area contributed by atoms with Crippen molar-refractivity contribution in [1.82, 2.24) is 20.5 Å². The molecule has 8 heteroatoms. The van der Waals surface area contributed by atoms with E-state index in [9.17, 15) is 0 Å². The lowest BCUT2D eigenvalue weighted by Crippen LogP contribution is -2.44. The van der Waals surface area contributed by atoms with Gasteiger partial charge in [-0.1, -0.05) is 11.6 Å². The first-order valence-electron chi connectivity index (χ1n) is 10.4. The number of nitrogens with one attached hydrogen (secondary N) is 2. The summed E-state index contributed by atoms with van der Waals surface area (Å²) in [5.74, 6) is 1.81. The summed E-state index contributed by atoms with van der Waals surface area (Å²) in [6, 6.07) is 4.14. The Bertz CT molecular complexity index is 608. The van der Waals surface area contributed by atoms with Crippen molar-refractivity contribution in [2.45, 2.75) is 45.1 Å². The van der Waals surface area contributed by atoms with E-state index in [0.717, 1.165) is 55.8 Å². The van der Waals surface area contributed by atoms with Crippen LogP contribution >= 0.6 is 35.6 Å². The highest BCUT2D eigenvalue weighted by Crippen LogP contribution is 2.25. The van der Waals surface area contributed by atoms with E-state index in [0.29, 0.717) is 6.04 Å². The molecule has 2 saturated heterocycles. The Kier molecular flexibility index (Phi) is 10.6. The normalized spacial score (nSPS) is 20.3. The highest BCUT2D eigenvalue weighted by atomic mass is 127. The Morgan fingerprint density at radius 1 is 1.29 bits per heavy atom. The summed E-state index contributed by atoms with van der Waals surface area (Å²) in [5, 5.41) is 7.68. The maximum Gasteiger partial charge on any atom is 0.191 e. The van der Waals surface area contributed by atoms with Crippen molar-refractivity contribution < 1.29 is 0 Å². The molecule has 0 aromatic carbocycles. The van der Waals surface area contributed by atoms with Crippen LogP contribution in [0, 0.1) is 0 Å². The molecule has 158 valence electrons. The molecule has 28 heavy (non-hydrogen) atoms. The Labute approximate surface area is 191 Å². The molecule has 3 rings (SSSR count). The summed E-state index contributed by atoms with van der Waals surface area (Å²) < 4.78 is 0. The number of aliphatic imine (C=N–C) groups is 1. The fourth-order valence-electron chi connectivity index (χ4n) is 3.84. The highest BCUT2D eigenvalue weighted by Gasteiger charge is 2.25. The van der Waals surface area contributed by atoms with Gasteiger partial charge in [-0.2, -0.15) is 0 Å². The quantitative estimate of drug-likeness (QED) is 0.238. The average Bonchev–Trinajstić information content (AvgIpc) is 3.34. The molecule has 0 radical (unpaired) electrons. The van der Waals surface area contributed by atoms with E-state index in [1.807, 2.05) is 12.1 Å². The fraction of sp³-hybridized carbons (Fsp3) is 0.700. The van der Waals surface area contributed by atoms with Gasteiger partial charge >= 0.3 is 0 Å². The fourth-order valence-corrected chi connectivity index (χ4v) is 4.08. The summed E-state index contributed by atoms with van der Waals surface area (Å²) >= 11 is 6.29. The maximum absolute atomic E-state index is 6.29. The molecule has 1 aromatic rings. The first kappa shape index (κ1) is 23.5. The van der Waals surface area contributed by atoms with Gasteiger partial charge in [0.1, 0.15) is 5.82 Å². The summed E-state index contributed by atoms with van der Waals surface area (Å²) in [6.07, 6.45) is 7.98. The zero-order valence-electron chi connectivity index (χ0n) is 16.9. The number of pyridine rings is 1. The van der Waals surface area contributed by atoms with Crippen molar-refractivity contribution in [2.24, 2.45) is 4.99 Å². The Morgan fingerprint density at radius 2 is 2.11 bits per heavy atom. The lowest BCUT2D eigenvalue weighted by molar-refractivity contribution is 0.331. The predicted octanol–water partition coefficient (Wildman–Crippen LogP) is 3.36. The van der Waals surface area contributed by atoms with E-state index in [2.05, 4.69) is 32.3 Å². The number of hydrogen-bond acceptors (Lipinski definition) is 4. The second-order valence-electron chi connectivity index (χ2n) is 7.40. The van der Waals surface area contributed by atoms with Gasteiger partial charge in [0.05, 0.1) is 5.02 Å². The van der Waals surface area contributed by atoms with E-state index in [1.54, 1.807) is 6.20 Å². The largest absolute Gasteiger partial charge is 0.357 e. The Balaban J connectivity index is 0.00000280. The van der Waals surface area contributed by atoms with Gasteiger partial charge in [0.15, 0.2) is 5.96 Å². The number of hydrogen-bond donors (Lipinski definition) is 2. The number of unbranched alkanes of at least 4 members (excludes halogenated alkanes) is 1. The van der Waals surface area contributed by atoms with Gasteiger partial charge in [0.25, 0.3) is 0 Å². The molecule has 2 N–H and O–H groups in total. The maximum atomic E-state index is 6.29. The van der Waals surface area contributed by atoms with Crippen LogP contribution in [0.25, 0.3) is 0 Å². The SMILES string of the molecule is CCNC(=NCCCCN1CCCC1)NC1CCN(c2ncccc2Cl)C1.I. The second kappa shape index (κ2) is 12.7. The monoisotopic (exact) mass is 520 g/mol. The molecule has 0 aliphatic carbocycles. The van der Waals surface area contributed by atoms with Gasteiger partial charge in [-0.3, -0.25) is 4.99 Å². The van der Waals surface area contributed by atoms with Gasteiger partial charge in [0, 0.05) is 38.4 Å². The van der Waals surface area contributed by atoms with E-state index in [4.69, 9.17) is 16.6 Å². The predicted molar refractivity (Wildman–Crippen MR) is 129 cm³/mol. The number of halogens is 2. The first-order valence-corrected chi connectivity index (χ1v) is 10.8. The van der Waals surface area contributed by atoms with Crippen LogP contribution in [0.1, 0.15) is 39.0 Å². The Hall–Kier alpha value is -0.800. The summed E-state index contributed by atoms with van der Waals surface area (Å²) in [5.41, 5.74) is 0. The molecule has 1 atom stereocenters. The number of rotatable bonds is 8. The molecule has 0 saturated carbocycles. The molecule has 0 amide bonds. The van der Waals surface area contributed by atoms with Crippen molar-refractivity contribution >= 4 is 47.4 Å². The summed E-state index contributed by atoms with van der Waals surface area (Å²) in [7, 11) is 0.